The van der Waals surface area contributed by atoms with Gasteiger partial charge in [0.25, 0.3) is 0 Å². The summed E-state index contributed by atoms with van der Waals surface area (Å²) in [5.74, 6) is 0.787. The first-order valence-corrected chi connectivity index (χ1v) is 6.53. The van der Waals surface area contributed by atoms with Gasteiger partial charge in [-0.1, -0.05) is 57.3 Å². The van der Waals surface area contributed by atoms with Crippen LogP contribution < -0.4 is 4.74 Å². The molecule has 2 aromatic carbocycles. The molecule has 0 N–H and O–H groups in total. The Morgan fingerprint density at radius 3 is 2.59 bits per heavy atom. The minimum absolute atomic E-state index is 0.399. The molecule has 0 saturated carbocycles. The summed E-state index contributed by atoms with van der Waals surface area (Å²) in [4.78, 5) is 0. The molecule has 0 amide bonds. The zero-order chi connectivity index (χ0) is 12.3. The minimum Gasteiger partial charge on any atom is -0.489 e. The van der Waals surface area contributed by atoms with E-state index in [2.05, 4.69) is 15.9 Å². The van der Waals surface area contributed by atoms with Crippen LogP contribution in [0.5, 0.6) is 5.75 Å². The van der Waals surface area contributed by atoms with Gasteiger partial charge in [0.15, 0.2) is 0 Å². The predicted molar refractivity (Wildman–Crippen MR) is 74.9 cm³/mol. The fourth-order valence-electron chi connectivity index (χ4n) is 1.38. The second kappa shape index (κ2) is 5.76. The number of halogens is 3. The lowest BCUT2D eigenvalue weighted by Crippen LogP contribution is -1.96. The summed E-state index contributed by atoms with van der Waals surface area (Å²) in [6.07, 6.45) is 0. The lowest BCUT2D eigenvalue weighted by atomic mass is 10.2. The van der Waals surface area contributed by atoms with Gasteiger partial charge in [-0.15, -0.1) is 0 Å². The lowest BCUT2D eigenvalue weighted by molar-refractivity contribution is 0.306. The first-order valence-electron chi connectivity index (χ1n) is 4.98. The van der Waals surface area contributed by atoms with Crippen LogP contribution in [0.15, 0.2) is 46.9 Å². The van der Waals surface area contributed by atoms with E-state index >= 15 is 0 Å². The minimum atomic E-state index is 0.399. The Labute approximate surface area is 118 Å². The van der Waals surface area contributed by atoms with E-state index in [0.29, 0.717) is 16.7 Å². The Morgan fingerprint density at radius 1 is 1.06 bits per heavy atom. The quantitative estimate of drug-likeness (QED) is 0.738. The van der Waals surface area contributed by atoms with Gasteiger partial charge in [-0.05, 0) is 24.3 Å². The zero-order valence-corrected chi connectivity index (χ0v) is 11.9. The third-order valence-corrected chi connectivity index (χ3v) is 3.57. The van der Waals surface area contributed by atoms with E-state index in [1.54, 1.807) is 6.07 Å². The van der Waals surface area contributed by atoms with Gasteiger partial charge in [-0.3, -0.25) is 0 Å². The molecule has 2 aromatic rings. The zero-order valence-electron chi connectivity index (χ0n) is 8.79. The van der Waals surface area contributed by atoms with E-state index in [-0.39, 0.29) is 0 Å². The van der Waals surface area contributed by atoms with Gasteiger partial charge in [0.1, 0.15) is 12.4 Å². The number of benzene rings is 2. The maximum atomic E-state index is 6.07. The highest BCUT2D eigenvalue weighted by Crippen LogP contribution is 2.27. The molecule has 0 aromatic heterocycles. The van der Waals surface area contributed by atoms with Crippen LogP contribution >= 0.6 is 39.1 Å². The van der Waals surface area contributed by atoms with Crippen molar-refractivity contribution in [2.24, 2.45) is 0 Å². The van der Waals surface area contributed by atoms with Gasteiger partial charge in [0.2, 0.25) is 0 Å². The van der Waals surface area contributed by atoms with Gasteiger partial charge in [0.05, 0.1) is 10.0 Å². The van der Waals surface area contributed by atoms with Gasteiger partial charge in [0, 0.05) is 10.0 Å². The SMILES string of the molecule is Clc1cccc(COc2cccc(Br)c2)c1Cl. The fourth-order valence-corrected chi connectivity index (χ4v) is 2.13. The van der Waals surface area contributed by atoms with Crippen molar-refractivity contribution in [2.75, 3.05) is 0 Å². The lowest BCUT2D eigenvalue weighted by Gasteiger charge is -2.08. The molecule has 0 atom stereocenters. The van der Waals surface area contributed by atoms with Crippen molar-refractivity contribution >= 4 is 39.1 Å². The maximum Gasteiger partial charge on any atom is 0.120 e. The third kappa shape index (κ3) is 3.38. The van der Waals surface area contributed by atoms with Crippen LogP contribution in [0.2, 0.25) is 10.0 Å². The summed E-state index contributed by atoms with van der Waals surface area (Å²) in [6, 6.07) is 13.2. The van der Waals surface area contributed by atoms with Crippen LogP contribution in [-0.4, -0.2) is 0 Å². The molecule has 0 unspecified atom stereocenters. The smallest absolute Gasteiger partial charge is 0.120 e. The average Bonchev–Trinajstić information content (AvgIpc) is 2.31. The van der Waals surface area contributed by atoms with Gasteiger partial charge < -0.3 is 4.74 Å². The number of hydrogen-bond acceptors (Lipinski definition) is 1. The summed E-state index contributed by atoms with van der Waals surface area (Å²) in [7, 11) is 0. The van der Waals surface area contributed by atoms with Crippen molar-refractivity contribution in [1.82, 2.24) is 0 Å². The molecule has 0 aliphatic heterocycles. The normalized spacial score (nSPS) is 10.3. The van der Waals surface area contributed by atoms with Crippen LogP contribution in [0.25, 0.3) is 0 Å². The van der Waals surface area contributed by atoms with E-state index in [9.17, 15) is 0 Å². The van der Waals surface area contributed by atoms with Crippen LogP contribution in [0.3, 0.4) is 0 Å². The number of rotatable bonds is 3. The monoisotopic (exact) mass is 330 g/mol. The topological polar surface area (TPSA) is 9.23 Å². The highest BCUT2D eigenvalue weighted by Gasteiger charge is 2.05. The predicted octanol–water partition coefficient (Wildman–Crippen LogP) is 5.33. The van der Waals surface area contributed by atoms with Crippen LogP contribution in [0.1, 0.15) is 5.56 Å². The summed E-state index contributed by atoms with van der Waals surface area (Å²) >= 11 is 15.4. The molecular weight excluding hydrogens is 323 g/mol. The molecule has 0 spiro atoms. The molecule has 1 nitrogen and oxygen atoms in total. The van der Waals surface area contributed by atoms with Gasteiger partial charge in [-0.25, -0.2) is 0 Å². The van der Waals surface area contributed by atoms with Crippen molar-refractivity contribution < 1.29 is 4.74 Å². The Kier molecular flexibility index (Phi) is 4.32. The largest absolute Gasteiger partial charge is 0.489 e. The second-order valence-corrected chi connectivity index (χ2v) is 5.16. The van der Waals surface area contributed by atoms with Crippen molar-refractivity contribution in [1.29, 1.82) is 0 Å². The Hall–Kier alpha value is -0.700. The van der Waals surface area contributed by atoms with Gasteiger partial charge >= 0.3 is 0 Å². The number of hydrogen-bond donors (Lipinski definition) is 0. The second-order valence-electron chi connectivity index (χ2n) is 3.46. The summed E-state index contributed by atoms with van der Waals surface area (Å²) in [5.41, 5.74) is 0.874. The van der Waals surface area contributed by atoms with E-state index in [1.807, 2.05) is 36.4 Å². The van der Waals surface area contributed by atoms with E-state index in [0.717, 1.165) is 15.8 Å². The van der Waals surface area contributed by atoms with Crippen LogP contribution in [-0.2, 0) is 6.61 Å². The molecule has 0 fully saturated rings. The molecule has 0 saturated heterocycles. The van der Waals surface area contributed by atoms with Crippen molar-refractivity contribution in [3.63, 3.8) is 0 Å². The molecule has 2 rings (SSSR count). The Morgan fingerprint density at radius 2 is 1.82 bits per heavy atom. The molecule has 0 aliphatic carbocycles. The van der Waals surface area contributed by atoms with Crippen molar-refractivity contribution in [3.05, 3.63) is 62.5 Å². The molecule has 0 heterocycles. The van der Waals surface area contributed by atoms with E-state index in [4.69, 9.17) is 27.9 Å². The highest BCUT2D eigenvalue weighted by atomic mass is 79.9. The molecule has 0 radical (unpaired) electrons. The Balaban J connectivity index is 2.10. The first kappa shape index (κ1) is 12.7. The van der Waals surface area contributed by atoms with Crippen molar-refractivity contribution in [3.8, 4) is 5.75 Å². The molecule has 0 bridgehead atoms. The van der Waals surface area contributed by atoms with E-state index < -0.39 is 0 Å². The van der Waals surface area contributed by atoms with Crippen LogP contribution in [0.4, 0.5) is 0 Å². The summed E-state index contributed by atoms with van der Waals surface area (Å²) < 4.78 is 6.61. The standard InChI is InChI=1S/C13H9BrCl2O/c14-10-4-2-5-11(7-10)17-8-9-3-1-6-12(15)13(9)16/h1-7H,8H2. The fraction of sp³-hybridized carbons (Fsp3) is 0.0769. The van der Waals surface area contributed by atoms with Crippen molar-refractivity contribution in [2.45, 2.75) is 6.61 Å². The van der Waals surface area contributed by atoms with E-state index in [1.165, 1.54) is 0 Å². The summed E-state index contributed by atoms with van der Waals surface area (Å²) in [5, 5.41) is 1.09. The summed E-state index contributed by atoms with van der Waals surface area (Å²) in [6.45, 7) is 0.399. The average molecular weight is 332 g/mol. The van der Waals surface area contributed by atoms with Gasteiger partial charge in [-0.2, -0.15) is 0 Å². The highest BCUT2D eigenvalue weighted by molar-refractivity contribution is 9.10. The third-order valence-electron chi connectivity index (χ3n) is 2.22. The molecule has 88 valence electrons. The molecule has 4 heteroatoms. The molecule has 0 aliphatic rings. The maximum absolute atomic E-state index is 6.07. The Bertz CT molecular complexity index is 529. The number of ether oxygens (including phenoxy) is 1. The first-order chi connectivity index (χ1) is 8.16. The van der Waals surface area contributed by atoms with Crippen LogP contribution in [0, 0.1) is 0 Å². The molecule has 17 heavy (non-hydrogen) atoms. The molecular formula is C13H9BrCl2O.